The van der Waals surface area contributed by atoms with Crippen LogP contribution in [0.5, 0.6) is 0 Å². The average Bonchev–Trinajstić information content (AvgIpc) is 3.69. The van der Waals surface area contributed by atoms with Crippen LogP contribution in [0.25, 0.3) is 0 Å². The molecule has 2 aromatic rings. The molecule has 0 saturated heterocycles. The van der Waals surface area contributed by atoms with E-state index >= 15 is 0 Å². The lowest BCUT2D eigenvalue weighted by Crippen LogP contribution is -2.48. The summed E-state index contributed by atoms with van der Waals surface area (Å²) in [6, 6.07) is 8.55. The zero-order valence-electron chi connectivity index (χ0n) is 19.9. The molecule has 194 valence electrons. The van der Waals surface area contributed by atoms with Crippen molar-refractivity contribution in [2.24, 2.45) is 5.73 Å². The Bertz CT molecular complexity index is 1080. The van der Waals surface area contributed by atoms with E-state index < -0.39 is 23.3 Å². The highest BCUT2D eigenvalue weighted by atomic mass is 19.4. The Morgan fingerprint density at radius 2 is 1.72 bits per heavy atom. The van der Waals surface area contributed by atoms with Crippen LogP contribution < -0.4 is 5.73 Å². The summed E-state index contributed by atoms with van der Waals surface area (Å²) >= 11 is 0. The highest BCUT2D eigenvalue weighted by molar-refractivity contribution is 5.95. The molecule has 2 amide bonds. The number of hydrogen-bond acceptors (Lipinski definition) is 6. The summed E-state index contributed by atoms with van der Waals surface area (Å²) in [6.45, 7) is 0.749. The van der Waals surface area contributed by atoms with Crippen molar-refractivity contribution >= 4 is 12.0 Å². The van der Waals surface area contributed by atoms with Gasteiger partial charge in [-0.3, -0.25) is 4.79 Å². The Balaban J connectivity index is 1.51. The maximum Gasteiger partial charge on any atom is 0.421 e. The Morgan fingerprint density at radius 1 is 1.11 bits per heavy atom. The largest absolute Gasteiger partial charge is 0.449 e. The summed E-state index contributed by atoms with van der Waals surface area (Å²) in [5.41, 5.74) is 2.27. The molecule has 4 rings (SSSR count). The summed E-state index contributed by atoms with van der Waals surface area (Å²) in [7, 11) is 0. The standard InChI is InChI=1S/C25H29F3N4O4/c1-23(35,25(26,27)28)17-6-4-16(5-7-17)21(33)32(18-8-9-18)19-10-12-24(13-11-19,15-36-22(29)34)20-3-2-14-30-31-20/h2-7,14,18-19,35H,8-13,15H2,1H3,(H2,29,34)/t19-,23-,24-/m0/s1. The maximum atomic E-state index is 13.5. The molecule has 1 atom stereocenters. The number of hydrogen-bond donors (Lipinski definition) is 2. The van der Waals surface area contributed by atoms with Gasteiger partial charge in [-0.2, -0.15) is 23.4 Å². The van der Waals surface area contributed by atoms with E-state index in [1.165, 1.54) is 12.1 Å². The molecule has 8 nitrogen and oxygen atoms in total. The zero-order valence-corrected chi connectivity index (χ0v) is 19.9. The van der Waals surface area contributed by atoms with E-state index in [-0.39, 0.29) is 35.7 Å². The molecule has 11 heteroatoms. The van der Waals surface area contributed by atoms with Gasteiger partial charge in [0.1, 0.15) is 6.61 Å². The molecule has 1 aromatic heterocycles. The van der Waals surface area contributed by atoms with Crippen LogP contribution in [-0.2, 0) is 15.8 Å². The lowest BCUT2D eigenvalue weighted by molar-refractivity contribution is -0.258. The van der Waals surface area contributed by atoms with Crippen molar-refractivity contribution in [1.29, 1.82) is 0 Å². The molecular formula is C25H29F3N4O4. The molecule has 0 spiro atoms. The normalized spacial score (nSPS) is 24.0. The van der Waals surface area contributed by atoms with Crippen LogP contribution in [0.4, 0.5) is 18.0 Å². The van der Waals surface area contributed by atoms with Gasteiger partial charge in [-0.15, -0.1) is 0 Å². The number of rotatable bonds is 7. The smallest absolute Gasteiger partial charge is 0.421 e. The number of aromatic nitrogens is 2. The minimum Gasteiger partial charge on any atom is -0.449 e. The number of amides is 2. The Labute approximate surface area is 206 Å². The SMILES string of the molecule is C[C@](O)(c1ccc(C(=O)N(C2CC2)[C@H]2CC[C@](COC(N)=O)(c3cccnn3)CC2)cc1)C(F)(F)F. The Morgan fingerprint density at radius 3 is 2.22 bits per heavy atom. The second-order valence-corrected chi connectivity index (χ2v) is 9.82. The van der Waals surface area contributed by atoms with Crippen molar-refractivity contribution in [3.8, 4) is 0 Å². The van der Waals surface area contributed by atoms with Gasteiger partial charge in [0.05, 0.1) is 5.69 Å². The summed E-state index contributed by atoms with van der Waals surface area (Å²) < 4.78 is 44.7. The topological polar surface area (TPSA) is 119 Å². The summed E-state index contributed by atoms with van der Waals surface area (Å²) in [4.78, 5) is 26.6. The first-order chi connectivity index (χ1) is 16.9. The fourth-order valence-electron chi connectivity index (χ4n) is 4.93. The number of halogens is 3. The third kappa shape index (κ3) is 5.16. The molecule has 2 saturated carbocycles. The molecule has 36 heavy (non-hydrogen) atoms. The number of benzene rings is 1. The predicted molar refractivity (Wildman–Crippen MR) is 123 cm³/mol. The molecule has 0 unspecified atom stereocenters. The van der Waals surface area contributed by atoms with Crippen LogP contribution in [-0.4, -0.2) is 57.1 Å². The van der Waals surface area contributed by atoms with Crippen LogP contribution in [0.2, 0.25) is 0 Å². The van der Waals surface area contributed by atoms with E-state index in [0.717, 1.165) is 25.0 Å². The number of carbonyl (C=O) groups is 2. The number of ether oxygens (including phenoxy) is 1. The number of nitrogens with two attached hydrogens (primary N) is 1. The quantitative estimate of drug-likeness (QED) is 0.589. The fourth-order valence-corrected chi connectivity index (χ4v) is 4.93. The summed E-state index contributed by atoms with van der Waals surface area (Å²) in [5.74, 6) is -0.249. The van der Waals surface area contributed by atoms with Crippen molar-refractivity contribution in [2.45, 2.75) is 74.7 Å². The molecule has 2 aliphatic rings. The van der Waals surface area contributed by atoms with Crippen molar-refractivity contribution < 1.29 is 32.6 Å². The summed E-state index contributed by atoms with van der Waals surface area (Å²) in [6.07, 6.45) is 0.0130. The van der Waals surface area contributed by atoms with E-state index in [0.29, 0.717) is 38.3 Å². The van der Waals surface area contributed by atoms with E-state index in [4.69, 9.17) is 10.5 Å². The second-order valence-electron chi connectivity index (χ2n) is 9.82. The Kier molecular flexibility index (Phi) is 6.96. The number of alkyl halides is 3. The lowest BCUT2D eigenvalue weighted by atomic mass is 9.70. The van der Waals surface area contributed by atoms with Crippen molar-refractivity contribution in [1.82, 2.24) is 15.1 Å². The van der Waals surface area contributed by atoms with Gasteiger partial charge >= 0.3 is 12.3 Å². The average molecular weight is 507 g/mol. The number of carbonyl (C=O) groups excluding carboxylic acids is 2. The monoisotopic (exact) mass is 506 g/mol. The number of aliphatic hydroxyl groups is 1. The van der Waals surface area contributed by atoms with Gasteiger partial charge in [-0.05, 0) is 75.3 Å². The predicted octanol–water partition coefficient (Wildman–Crippen LogP) is 3.83. The lowest BCUT2D eigenvalue weighted by Gasteiger charge is -2.43. The summed E-state index contributed by atoms with van der Waals surface area (Å²) in [5, 5.41) is 18.1. The van der Waals surface area contributed by atoms with Crippen LogP contribution in [0.15, 0.2) is 42.6 Å². The first-order valence-electron chi connectivity index (χ1n) is 11.9. The third-order valence-electron chi connectivity index (χ3n) is 7.33. The van der Waals surface area contributed by atoms with E-state index in [9.17, 15) is 27.9 Å². The fraction of sp³-hybridized carbons (Fsp3) is 0.520. The van der Waals surface area contributed by atoms with Crippen molar-refractivity contribution in [3.63, 3.8) is 0 Å². The van der Waals surface area contributed by atoms with E-state index in [1.807, 2.05) is 11.0 Å². The van der Waals surface area contributed by atoms with Crippen molar-refractivity contribution in [3.05, 3.63) is 59.4 Å². The van der Waals surface area contributed by atoms with Crippen LogP contribution in [0, 0.1) is 0 Å². The molecule has 1 aromatic carbocycles. The van der Waals surface area contributed by atoms with Crippen LogP contribution in [0.1, 0.15) is 67.1 Å². The molecule has 0 aliphatic heterocycles. The van der Waals surface area contributed by atoms with E-state index in [2.05, 4.69) is 10.2 Å². The van der Waals surface area contributed by atoms with Gasteiger partial charge in [0.25, 0.3) is 5.91 Å². The van der Waals surface area contributed by atoms with Gasteiger partial charge in [-0.1, -0.05) is 12.1 Å². The van der Waals surface area contributed by atoms with Crippen molar-refractivity contribution in [2.75, 3.05) is 6.61 Å². The molecular weight excluding hydrogens is 477 g/mol. The highest BCUT2D eigenvalue weighted by Gasteiger charge is 2.51. The highest BCUT2D eigenvalue weighted by Crippen LogP contribution is 2.43. The first-order valence-corrected chi connectivity index (χ1v) is 11.9. The van der Waals surface area contributed by atoms with Gasteiger partial charge in [0, 0.05) is 29.3 Å². The maximum absolute atomic E-state index is 13.5. The van der Waals surface area contributed by atoms with Crippen LogP contribution >= 0.6 is 0 Å². The van der Waals surface area contributed by atoms with Gasteiger partial charge in [-0.25, -0.2) is 4.79 Å². The van der Waals surface area contributed by atoms with Gasteiger partial charge in [0.2, 0.25) is 0 Å². The third-order valence-corrected chi connectivity index (χ3v) is 7.33. The minimum absolute atomic E-state index is 0.0612. The molecule has 1 heterocycles. The Hall–Kier alpha value is -3.21. The molecule has 2 fully saturated rings. The van der Waals surface area contributed by atoms with Crippen LogP contribution in [0.3, 0.4) is 0 Å². The molecule has 2 aliphatic carbocycles. The second kappa shape index (κ2) is 9.68. The van der Waals surface area contributed by atoms with E-state index in [1.54, 1.807) is 12.3 Å². The molecule has 3 N–H and O–H groups in total. The number of nitrogens with zero attached hydrogens (tertiary/aromatic N) is 3. The first kappa shape index (κ1) is 25.9. The zero-order chi connectivity index (χ0) is 26.1. The van der Waals surface area contributed by atoms with Gasteiger partial charge in [0.15, 0.2) is 5.60 Å². The minimum atomic E-state index is -4.84. The molecule has 0 radical (unpaired) electrons. The van der Waals surface area contributed by atoms with Gasteiger partial charge < -0.3 is 20.5 Å². The molecule has 0 bridgehead atoms. The number of primary amides is 1.